The minimum atomic E-state index is 0.243. The number of aryl methyl sites for hydroxylation is 1. The summed E-state index contributed by atoms with van der Waals surface area (Å²) in [6.07, 6.45) is 8.23. The van der Waals surface area contributed by atoms with Crippen LogP contribution in [0.4, 0.5) is 5.95 Å². The number of fused-ring (bicyclic) bond motifs is 1. The highest BCUT2D eigenvalue weighted by Gasteiger charge is 2.24. The van der Waals surface area contributed by atoms with Gasteiger partial charge in [-0.05, 0) is 43.4 Å². The Bertz CT molecular complexity index is 1180. The monoisotopic (exact) mass is 402 g/mol. The fourth-order valence-electron chi connectivity index (χ4n) is 3.94. The highest BCUT2D eigenvalue weighted by Crippen LogP contribution is 2.25. The van der Waals surface area contributed by atoms with Gasteiger partial charge in [0.05, 0.1) is 0 Å². The van der Waals surface area contributed by atoms with Crippen molar-refractivity contribution < 1.29 is 9.30 Å². The van der Waals surface area contributed by atoms with Crippen molar-refractivity contribution in [2.24, 2.45) is 5.92 Å². The summed E-state index contributed by atoms with van der Waals surface area (Å²) in [5, 5.41) is 0. The normalized spacial score (nSPS) is 15.0. The van der Waals surface area contributed by atoms with E-state index in [2.05, 4.69) is 50.7 Å². The van der Waals surface area contributed by atoms with E-state index in [-0.39, 0.29) is 5.95 Å². The topological polar surface area (TPSA) is 106 Å². The third-order valence-corrected chi connectivity index (χ3v) is 5.54. The summed E-state index contributed by atoms with van der Waals surface area (Å²) in [6, 6.07) is 8.35. The van der Waals surface area contributed by atoms with E-state index >= 15 is 0 Å². The zero-order chi connectivity index (χ0) is 20.5. The Labute approximate surface area is 174 Å². The Hall–Kier alpha value is -3.39. The van der Waals surface area contributed by atoms with E-state index in [0.29, 0.717) is 5.92 Å². The lowest BCUT2D eigenvalue weighted by Crippen LogP contribution is -2.30. The zero-order valence-corrected chi connectivity index (χ0v) is 16.9. The Balaban J connectivity index is 1.66. The molecule has 0 bridgehead atoms. The smallest absolute Gasteiger partial charge is 0.310 e. The molecule has 3 aromatic heterocycles. The standard InChI is InChI=1S/C22H23N7O/c1-14-3-2-4-17(9-14)29-13-26-20-19(16-11-24-22(23)25-12-16)27-18(28-21(20)29)10-15-5-7-30-8-6-15/h2-4,9,11-13,15H,5-8,10H2,1H3,(H2,23,24,25,27,28)/p+1. The molecule has 1 aliphatic rings. The maximum absolute atomic E-state index is 5.69. The molecule has 0 atom stereocenters. The molecule has 0 aliphatic carbocycles. The van der Waals surface area contributed by atoms with E-state index in [1.165, 1.54) is 5.56 Å². The van der Waals surface area contributed by atoms with Crippen LogP contribution in [0.1, 0.15) is 24.2 Å². The molecule has 3 N–H and O–H groups in total. The Kier molecular flexibility index (Phi) is 4.84. The fraction of sp³-hybridized carbons (Fsp3) is 0.318. The van der Waals surface area contributed by atoms with Crippen molar-refractivity contribution >= 4 is 17.1 Å². The maximum atomic E-state index is 5.69. The quantitative estimate of drug-likeness (QED) is 0.508. The molecule has 8 nitrogen and oxygen atoms in total. The van der Waals surface area contributed by atoms with Crippen molar-refractivity contribution in [3.8, 4) is 16.9 Å². The van der Waals surface area contributed by atoms with Crippen LogP contribution in [0.5, 0.6) is 0 Å². The van der Waals surface area contributed by atoms with Crippen LogP contribution in [0, 0.1) is 12.8 Å². The van der Waals surface area contributed by atoms with Crippen molar-refractivity contribution in [2.75, 3.05) is 18.9 Å². The fourth-order valence-corrected chi connectivity index (χ4v) is 3.94. The minimum absolute atomic E-state index is 0.243. The van der Waals surface area contributed by atoms with Crippen LogP contribution >= 0.6 is 0 Å². The third-order valence-electron chi connectivity index (χ3n) is 5.54. The first-order valence-electron chi connectivity index (χ1n) is 10.2. The molecular weight excluding hydrogens is 378 g/mol. The van der Waals surface area contributed by atoms with Gasteiger partial charge >= 0.3 is 5.65 Å². The Morgan fingerprint density at radius 2 is 1.97 bits per heavy atom. The van der Waals surface area contributed by atoms with Crippen LogP contribution in [0.25, 0.3) is 28.1 Å². The first kappa shape index (κ1) is 18.6. The molecule has 1 fully saturated rings. The molecule has 0 spiro atoms. The molecule has 0 radical (unpaired) electrons. The second-order valence-electron chi connectivity index (χ2n) is 7.76. The molecule has 1 aliphatic heterocycles. The van der Waals surface area contributed by atoms with E-state index in [9.17, 15) is 0 Å². The number of nitrogens with zero attached hydrogens (tertiary/aromatic N) is 5. The van der Waals surface area contributed by atoms with E-state index in [1.54, 1.807) is 12.4 Å². The molecule has 0 amide bonds. The lowest BCUT2D eigenvalue weighted by molar-refractivity contribution is -0.569. The summed E-state index contributed by atoms with van der Waals surface area (Å²) < 4.78 is 7.58. The number of ether oxygens (including phenoxy) is 1. The van der Waals surface area contributed by atoms with Gasteiger partial charge in [0.2, 0.25) is 17.3 Å². The lowest BCUT2D eigenvalue weighted by Gasteiger charge is -2.20. The number of anilines is 1. The molecule has 4 aromatic rings. The summed E-state index contributed by atoms with van der Waals surface area (Å²) in [4.78, 5) is 21.5. The second-order valence-corrected chi connectivity index (χ2v) is 7.76. The highest BCUT2D eigenvalue weighted by molar-refractivity contribution is 5.85. The number of imidazole rings is 1. The van der Waals surface area contributed by atoms with Gasteiger partial charge in [-0.1, -0.05) is 17.1 Å². The molecule has 0 saturated carbocycles. The summed E-state index contributed by atoms with van der Waals surface area (Å²) in [5.41, 5.74) is 11.2. The number of H-pyrrole nitrogens is 1. The van der Waals surface area contributed by atoms with Crippen LogP contribution in [0.3, 0.4) is 0 Å². The minimum Gasteiger partial charge on any atom is -0.381 e. The van der Waals surface area contributed by atoms with Gasteiger partial charge in [-0.3, -0.25) is 4.98 Å². The lowest BCUT2D eigenvalue weighted by atomic mass is 9.96. The molecule has 152 valence electrons. The number of nitrogen functional groups attached to an aromatic ring is 1. The predicted octanol–water partition coefficient (Wildman–Crippen LogP) is 2.55. The van der Waals surface area contributed by atoms with Crippen LogP contribution in [0.2, 0.25) is 0 Å². The van der Waals surface area contributed by atoms with Crippen molar-refractivity contribution in [1.29, 1.82) is 0 Å². The second kappa shape index (κ2) is 7.79. The average molecular weight is 402 g/mol. The van der Waals surface area contributed by atoms with Crippen LogP contribution in [-0.4, -0.2) is 38.1 Å². The number of rotatable bonds is 4. The number of benzene rings is 1. The Morgan fingerprint density at radius 1 is 1.17 bits per heavy atom. The molecule has 1 saturated heterocycles. The average Bonchev–Trinajstić information content (AvgIpc) is 3.18. The van der Waals surface area contributed by atoms with Gasteiger partial charge in [-0.25, -0.2) is 15.0 Å². The largest absolute Gasteiger partial charge is 0.381 e. The van der Waals surface area contributed by atoms with Crippen molar-refractivity contribution in [3.05, 3.63) is 54.4 Å². The third kappa shape index (κ3) is 3.61. The number of aromatic amines is 1. The molecular formula is C22H24N7O+. The van der Waals surface area contributed by atoms with Gasteiger partial charge in [0, 0.05) is 37.6 Å². The van der Waals surface area contributed by atoms with Crippen molar-refractivity contribution in [3.63, 3.8) is 0 Å². The van der Waals surface area contributed by atoms with Gasteiger partial charge in [-0.2, -0.15) is 4.57 Å². The van der Waals surface area contributed by atoms with Crippen LogP contribution in [0.15, 0.2) is 43.0 Å². The predicted molar refractivity (Wildman–Crippen MR) is 113 cm³/mol. The highest BCUT2D eigenvalue weighted by atomic mass is 16.5. The van der Waals surface area contributed by atoms with Crippen LogP contribution in [-0.2, 0) is 11.2 Å². The number of nitrogens with one attached hydrogen (secondary N) is 1. The van der Waals surface area contributed by atoms with E-state index < -0.39 is 0 Å². The van der Waals surface area contributed by atoms with Gasteiger partial charge in [0.1, 0.15) is 11.4 Å². The van der Waals surface area contributed by atoms with Gasteiger partial charge < -0.3 is 10.5 Å². The van der Waals surface area contributed by atoms with Gasteiger partial charge in [0.25, 0.3) is 0 Å². The van der Waals surface area contributed by atoms with E-state index in [0.717, 1.165) is 66.4 Å². The summed E-state index contributed by atoms with van der Waals surface area (Å²) >= 11 is 0. The molecule has 5 rings (SSSR count). The van der Waals surface area contributed by atoms with E-state index in [1.807, 2.05) is 6.33 Å². The first-order valence-corrected chi connectivity index (χ1v) is 10.2. The Morgan fingerprint density at radius 3 is 2.73 bits per heavy atom. The molecule has 0 unspecified atom stereocenters. The van der Waals surface area contributed by atoms with Gasteiger partial charge in [-0.15, -0.1) is 0 Å². The van der Waals surface area contributed by atoms with Gasteiger partial charge in [0.15, 0.2) is 6.33 Å². The molecule has 30 heavy (non-hydrogen) atoms. The summed E-state index contributed by atoms with van der Waals surface area (Å²) in [7, 11) is 0. The number of hydrogen-bond donors (Lipinski definition) is 2. The summed E-state index contributed by atoms with van der Waals surface area (Å²) in [5.74, 6) is 1.59. The molecule has 1 aromatic carbocycles. The van der Waals surface area contributed by atoms with E-state index in [4.69, 9.17) is 20.4 Å². The van der Waals surface area contributed by atoms with Crippen molar-refractivity contribution in [2.45, 2.75) is 26.2 Å². The van der Waals surface area contributed by atoms with Crippen LogP contribution < -0.4 is 10.3 Å². The summed E-state index contributed by atoms with van der Waals surface area (Å²) in [6.45, 7) is 3.69. The number of hydrogen-bond acceptors (Lipinski definition) is 6. The SMILES string of the molecule is Cc1cccc(-[n+]2c[nH]c3c(-c4cnc(N)nc4)nc(CC4CCOCC4)nc32)c1. The first-order chi connectivity index (χ1) is 14.7. The number of nitrogens with two attached hydrogens (primary N) is 1. The molecule has 8 heteroatoms. The molecule has 4 heterocycles. The maximum Gasteiger partial charge on any atom is 0.310 e. The number of aromatic nitrogens is 6. The van der Waals surface area contributed by atoms with Crippen molar-refractivity contribution in [1.82, 2.24) is 24.9 Å². The zero-order valence-electron chi connectivity index (χ0n) is 16.9.